The molecule has 8 heteroatoms. The van der Waals surface area contributed by atoms with Crippen LogP contribution in [0.2, 0.25) is 0 Å². The molecule has 7 nitrogen and oxygen atoms in total. The lowest BCUT2D eigenvalue weighted by molar-refractivity contribution is 0.0693. The number of ether oxygens (including phenoxy) is 1. The van der Waals surface area contributed by atoms with Gasteiger partial charge in [-0.25, -0.2) is 4.79 Å². The molecule has 0 radical (unpaired) electrons. The highest BCUT2D eigenvalue weighted by molar-refractivity contribution is 7.80. The van der Waals surface area contributed by atoms with E-state index in [1.807, 2.05) is 13.0 Å². The topological polar surface area (TPSA) is 108 Å². The lowest BCUT2D eigenvalue weighted by Crippen LogP contribution is -2.34. The molecule has 136 valence electrons. The van der Waals surface area contributed by atoms with E-state index in [2.05, 4.69) is 10.6 Å². The van der Waals surface area contributed by atoms with Crippen LogP contribution >= 0.6 is 12.2 Å². The summed E-state index contributed by atoms with van der Waals surface area (Å²) in [5, 5.41) is 24.2. The van der Waals surface area contributed by atoms with Gasteiger partial charge in [0.15, 0.2) is 5.11 Å². The van der Waals surface area contributed by atoms with Crippen LogP contribution in [0.5, 0.6) is 11.5 Å². The Morgan fingerprint density at radius 2 is 1.81 bits per heavy atom. The molecule has 2 aromatic carbocycles. The number of phenols is 1. The van der Waals surface area contributed by atoms with Gasteiger partial charge in [0, 0.05) is 5.69 Å². The summed E-state index contributed by atoms with van der Waals surface area (Å²) in [5.41, 5.74) is 1.56. The van der Waals surface area contributed by atoms with Crippen LogP contribution in [0.15, 0.2) is 30.3 Å². The number of carbonyl (C=O) groups excluding carboxylic acids is 1. The van der Waals surface area contributed by atoms with E-state index in [0.717, 1.165) is 5.56 Å². The molecule has 0 atom stereocenters. The Hall–Kier alpha value is -3.13. The molecule has 2 rings (SSSR count). The first-order chi connectivity index (χ1) is 12.2. The Bertz CT molecular complexity index is 895. The molecule has 0 heterocycles. The maximum Gasteiger partial charge on any atom is 0.339 e. The Balaban J connectivity index is 2.18. The SMILES string of the molecule is COc1c(C)cccc1C(=O)NC(=S)Nc1cc(C)c(O)c(C(=O)O)c1. The van der Waals surface area contributed by atoms with Crippen molar-refractivity contribution in [1.82, 2.24) is 5.32 Å². The molecule has 0 aromatic heterocycles. The number of aromatic carboxylic acids is 1. The third-order valence-electron chi connectivity index (χ3n) is 3.68. The second-order valence-electron chi connectivity index (χ2n) is 5.56. The van der Waals surface area contributed by atoms with Crippen LogP contribution in [0.1, 0.15) is 31.8 Å². The van der Waals surface area contributed by atoms with Crippen molar-refractivity contribution < 1.29 is 24.5 Å². The third-order valence-corrected chi connectivity index (χ3v) is 3.88. The van der Waals surface area contributed by atoms with Crippen LogP contribution in [0, 0.1) is 13.8 Å². The number of rotatable bonds is 4. The highest BCUT2D eigenvalue weighted by Crippen LogP contribution is 2.27. The van der Waals surface area contributed by atoms with Crippen molar-refractivity contribution in [2.45, 2.75) is 13.8 Å². The summed E-state index contributed by atoms with van der Waals surface area (Å²) in [6.45, 7) is 3.38. The van der Waals surface area contributed by atoms with Gasteiger partial charge in [0.2, 0.25) is 0 Å². The average Bonchev–Trinajstić information content (AvgIpc) is 2.57. The zero-order chi connectivity index (χ0) is 19.4. The summed E-state index contributed by atoms with van der Waals surface area (Å²) in [6.07, 6.45) is 0. The summed E-state index contributed by atoms with van der Waals surface area (Å²) in [7, 11) is 1.47. The minimum absolute atomic E-state index is 0.0139. The molecule has 0 bridgehead atoms. The lowest BCUT2D eigenvalue weighted by atomic mass is 10.1. The van der Waals surface area contributed by atoms with Gasteiger partial charge >= 0.3 is 5.97 Å². The van der Waals surface area contributed by atoms with E-state index in [-0.39, 0.29) is 16.4 Å². The fourth-order valence-electron chi connectivity index (χ4n) is 2.45. The molecular weight excluding hydrogens is 356 g/mol. The number of hydrogen-bond donors (Lipinski definition) is 4. The lowest BCUT2D eigenvalue weighted by Gasteiger charge is -2.14. The molecule has 0 aliphatic rings. The number of benzene rings is 2. The van der Waals surface area contributed by atoms with E-state index in [0.29, 0.717) is 22.6 Å². The van der Waals surface area contributed by atoms with Crippen molar-refractivity contribution in [2.75, 3.05) is 12.4 Å². The normalized spacial score (nSPS) is 10.1. The number of hydrogen-bond acceptors (Lipinski definition) is 5. The zero-order valence-corrected chi connectivity index (χ0v) is 15.2. The van der Waals surface area contributed by atoms with E-state index >= 15 is 0 Å². The van der Waals surface area contributed by atoms with Gasteiger partial charge in [-0.3, -0.25) is 10.1 Å². The van der Waals surface area contributed by atoms with Gasteiger partial charge in [0.25, 0.3) is 5.91 Å². The molecule has 0 fully saturated rings. The number of methoxy groups -OCH3 is 1. The fourth-order valence-corrected chi connectivity index (χ4v) is 2.66. The van der Waals surface area contributed by atoms with Crippen LogP contribution in [0.25, 0.3) is 0 Å². The maximum atomic E-state index is 12.4. The van der Waals surface area contributed by atoms with Crippen LogP contribution in [0.4, 0.5) is 5.69 Å². The van der Waals surface area contributed by atoms with Gasteiger partial charge in [-0.15, -0.1) is 0 Å². The molecule has 26 heavy (non-hydrogen) atoms. The Morgan fingerprint density at radius 1 is 1.12 bits per heavy atom. The number of thiocarbonyl (C=S) groups is 1. The summed E-state index contributed by atoms with van der Waals surface area (Å²) >= 11 is 5.12. The summed E-state index contributed by atoms with van der Waals surface area (Å²) < 4.78 is 5.25. The maximum absolute atomic E-state index is 12.4. The fraction of sp³-hybridized carbons (Fsp3) is 0.167. The average molecular weight is 374 g/mol. The Labute approximate surface area is 155 Å². The van der Waals surface area contributed by atoms with E-state index in [4.69, 9.17) is 22.1 Å². The molecular formula is C18H18N2O5S. The summed E-state index contributed by atoms with van der Waals surface area (Å²) in [6, 6.07) is 7.91. The Kier molecular flexibility index (Phi) is 5.78. The first-order valence-electron chi connectivity index (χ1n) is 7.57. The van der Waals surface area contributed by atoms with Crippen LogP contribution in [0.3, 0.4) is 0 Å². The molecule has 0 saturated carbocycles. The van der Waals surface area contributed by atoms with Gasteiger partial charge in [-0.1, -0.05) is 12.1 Å². The van der Waals surface area contributed by atoms with Gasteiger partial charge in [0.1, 0.15) is 17.1 Å². The van der Waals surface area contributed by atoms with Crippen molar-refractivity contribution in [2.24, 2.45) is 0 Å². The number of carbonyl (C=O) groups is 2. The number of amides is 1. The summed E-state index contributed by atoms with van der Waals surface area (Å²) in [5.74, 6) is -1.60. The zero-order valence-electron chi connectivity index (χ0n) is 14.4. The van der Waals surface area contributed by atoms with Crippen molar-refractivity contribution in [3.8, 4) is 11.5 Å². The smallest absolute Gasteiger partial charge is 0.339 e. The van der Waals surface area contributed by atoms with E-state index < -0.39 is 11.9 Å². The highest BCUT2D eigenvalue weighted by Gasteiger charge is 2.17. The highest BCUT2D eigenvalue weighted by atomic mass is 32.1. The monoisotopic (exact) mass is 374 g/mol. The van der Waals surface area contributed by atoms with Crippen molar-refractivity contribution >= 4 is 34.9 Å². The number of anilines is 1. The summed E-state index contributed by atoms with van der Waals surface area (Å²) in [4.78, 5) is 23.6. The number of aryl methyl sites for hydroxylation is 2. The third kappa shape index (κ3) is 4.09. The molecule has 0 aliphatic carbocycles. The van der Waals surface area contributed by atoms with Gasteiger partial charge in [-0.2, -0.15) is 0 Å². The van der Waals surface area contributed by atoms with Crippen LogP contribution < -0.4 is 15.4 Å². The number of carboxylic acid groups (broad SMARTS) is 1. The van der Waals surface area contributed by atoms with Gasteiger partial charge in [0.05, 0.1) is 12.7 Å². The second-order valence-corrected chi connectivity index (χ2v) is 5.97. The van der Waals surface area contributed by atoms with Crippen molar-refractivity contribution in [3.05, 3.63) is 52.6 Å². The quantitative estimate of drug-likeness (QED) is 0.481. The number of para-hydroxylation sites is 1. The number of carboxylic acids is 1. The minimum atomic E-state index is -1.27. The minimum Gasteiger partial charge on any atom is -0.507 e. The molecule has 0 unspecified atom stereocenters. The number of aromatic hydroxyl groups is 1. The van der Waals surface area contributed by atoms with E-state index in [9.17, 15) is 14.7 Å². The molecule has 4 N–H and O–H groups in total. The van der Waals surface area contributed by atoms with Gasteiger partial charge < -0.3 is 20.3 Å². The largest absolute Gasteiger partial charge is 0.507 e. The van der Waals surface area contributed by atoms with E-state index in [1.54, 1.807) is 19.1 Å². The first-order valence-corrected chi connectivity index (χ1v) is 7.98. The van der Waals surface area contributed by atoms with Crippen molar-refractivity contribution in [1.29, 1.82) is 0 Å². The van der Waals surface area contributed by atoms with Gasteiger partial charge in [-0.05, 0) is 55.4 Å². The van der Waals surface area contributed by atoms with Crippen molar-refractivity contribution in [3.63, 3.8) is 0 Å². The predicted molar refractivity (Wildman–Crippen MR) is 101 cm³/mol. The number of nitrogens with one attached hydrogen (secondary N) is 2. The Morgan fingerprint density at radius 3 is 2.42 bits per heavy atom. The standard InChI is InChI=1S/C18H18N2O5S/c1-9-5-4-6-12(15(9)25-3)16(22)20-18(26)19-11-7-10(2)14(21)13(8-11)17(23)24/h4-8,21H,1-3H3,(H,23,24)(H2,19,20,22,26). The van der Waals surface area contributed by atoms with Crippen LogP contribution in [-0.4, -0.2) is 34.3 Å². The molecule has 2 aromatic rings. The predicted octanol–water partition coefficient (Wildman–Crippen LogP) is 2.84. The molecule has 0 saturated heterocycles. The second kappa shape index (κ2) is 7.83. The van der Waals surface area contributed by atoms with E-state index in [1.165, 1.54) is 19.2 Å². The molecule has 0 spiro atoms. The first kappa shape index (κ1) is 19.2. The molecule has 0 aliphatic heterocycles. The molecule has 1 amide bonds. The van der Waals surface area contributed by atoms with Crippen LogP contribution in [-0.2, 0) is 0 Å².